The van der Waals surface area contributed by atoms with Gasteiger partial charge in [-0.1, -0.05) is 12.1 Å². The molecule has 0 saturated carbocycles. The zero-order chi connectivity index (χ0) is 21.5. The quantitative estimate of drug-likeness (QED) is 0.721. The minimum atomic E-state index is -0.409. The van der Waals surface area contributed by atoms with Crippen molar-refractivity contribution in [2.75, 3.05) is 39.7 Å². The summed E-state index contributed by atoms with van der Waals surface area (Å²) in [5.74, 6) is 1.06. The van der Waals surface area contributed by atoms with Gasteiger partial charge in [0.25, 0.3) is 11.8 Å². The van der Waals surface area contributed by atoms with Gasteiger partial charge in [0.15, 0.2) is 11.5 Å². The fourth-order valence-corrected chi connectivity index (χ4v) is 3.39. The van der Waals surface area contributed by atoms with Gasteiger partial charge in [0.05, 0.1) is 14.2 Å². The summed E-state index contributed by atoms with van der Waals surface area (Å²) in [6.45, 7) is 1.16. The fraction of sp³-hybridized carbons (Fsp3) is 0.391. The molecule has 0 radical (unpaired) electrons. The van der Waals surface area contributed by atoms with E-state index in [0.717, 1.165) is 18.4 Å². The van der Waals surface area contributed by atoms with Crippen molar-refractivity contribution in [2.45, 2.75) is 25.4 Å². The van der Waals surface area contributed by atoms with E-state index < -0.39 is 6.10 Å². The van der Waals surface area contributed by atoms with Gasteiger partial charge in [-0.25, -0.2) is 0 Å². The summed E-state index contributed by atoms with van der Waals surface area (Å²) < 4.78 is 16.0. The van der Waals surface area contributed by atoms with Crippen LogP contribution in [0.1, 0.15) is 28.8 Å². The predicted octanol–water partition coefficient (Wildman–Crippen LogP) is 3.14. The molecule has 2 aromatic carbocycles. The number of methoxy groups -OCH3 is 2. The van der Waals surface area contributed by atoms with Gasteiger partial charge in [-0.2, -0.15) is 0 Å². The molecule has 0 bridgehead atoms. The highest BCUT2D eigenvalue weighted by Gasteiger charge is 2.23. The first kappa shape index (κ1) is 21.6. The van der Waals surface area contributed by atoms with Crippen LogP contribution in [-0.4, -0.2) is 57.2 Å². The van der Waals surface area contributed by atoms with Crippen LogP contribution in [0.15, 0.2) is 42.5 Å². The Labute approximate surface area is 176 Å². The first-order valence-electron chi connectivity index (χ1n) is 10.0. The highest BCUT2D eigenvalue weighted by molar-refractivity contribution is 5.98. The lowest BCUT2D eigenvalue weighted by Gasteiger charge is -2.18. The first-order valence-corrected chi connectivity index (χ1v) is 10.0. The summed E-state index contributed by atoms with van der Waals surface area (Å²) in [5.41, 5.74) is 2.16. The summed E-state index contributed by atoms with van der Waals surface area (Å²) >= 11 is 0. The minimum Gasteiger partial charge on any atom is -0.493 e. The molecule has 0 spiro atoms. The van der Waals surface area contributed by atoms with Gasteiger partial charge in [0.2, 0.25) is 0 Å². The van der Waals surface area contributed by atoms with Crippen molar-refractivity contribution in [1.82, 2.24) is 4.90 Å². The van der Waals surface area contributed by atoms with Gasteiger partial charge in [0, 0.05) is 31.5 Å². The normalized spacial score (nSPS) is 15.5. The zero-order valence-electron chi connectivity index (χ0n) is 17.6. The van der Waals surface area contributed by atoms with Crippen LogP contribution in [0.3, 0.4) is 0 Å². The molecule has 1 unspecified atom stereocenters. The third-order valence-corrected chi connectivity index (χ3v) is 5.13. The Morgan fingerprint density at radius 3 is 2.63 bits per heavy atom. The number of amides is 2. The van der Waals surface area contributed by atoms with Crippen molar-refractivity contribution in [3.63, 3.8) is 0 Å². The summed E-state index contributed by atoms with van der Waals surface area (Å²) in [6.07, 6.45) is 1.89. The number of likely N-dealkylation sites (N-methyl/N-ethyl adjacent to an activating group) is 1. The van der Waals surface area contributed by atoms with Crippen molar-refractivity contribution in [2.24, 2.45) is 0 Å². The Hall–Kier alpha value is -3.06. The van der Waals surface area contributed by atoms with Crippen LogP contribution in [0, 0.1) is 0 Å². The van der Waals surface area contributed by atoms with E-state index in [-0.39, 0.29) is 11.8 Å². The second-order valence-electron chi connectivity index (χ2n) is 7.24. The van der Waals surface area contributed by atoms with Crippen LogP contribution in [0.4, 0.5) is 5.69 Å². The molecule has 3 rings (SSSR count). The van der Waals surface area contributed by atoms with Crippen LogP contribution in [0.5, 0.6) is 11.5 Å². The van der Waals surface area contributed by atoms with E-state index in [0.29, 0.717) is 42.3 Å². The smallest absolute Gasteiger partial charge is 0.253 e. The summed E-state index contributed by atoms with van der Waals surface area (Å²) in [5, 5.41) is 2.84. The molecular formula is C23H28N2O5. The first-order chi connectivity index (χ1) is 14.5. The van der Waals surface area contributed by atoms with Crippen molar-refractivity contribution < 1.29 is 23.8 Å². The number of carbonyl (C=O) groups excluding carboxylic acids is 2. The Bertz CT molecular complexity index is 893. The standard InChI is InChI=1S/C23H28N2O5/c1-25(12-11-16-9-10-19(28-2)21(14-16)29-3)23(27)17-6-4-7-18(15-17)24-22(26)20-8-5-13-30-20/h4,6-7,9-10,14-15,20H,5,8,11-13H2,1-3H3,(H,24,26). The number of nitrogens with one attached hydrogen (secondary N) is 1. The second kappa shape index (κ2) is 10.1. The lowest BCUT2D eigenvalue weighted by molar-refractivity contribution is -0.124. The topological polar surface area (TPSA) is 77.1 Å². The number of nitrogens with zero attached hydrogens (tertiary/aromatic N) is 1. The Kier molecular flexibility index (Phi) is 7.30. The molecule has 1 heterocycles. The van der Waals surface area contributed by atoms with Crippen LogP contribution in [0.25, 0.3) is 0 Å². The van der Waals surface area contributed by atoms with Crippen molar-refractivity contribution in [3.8, 4) is 11.5 Å². The number of ether oxygens (including phenoxy) is 3. The van der Waals surface area contributed by atoms with Gasteiger partial charge < -0.3 is 24.4 Å². The van der Waals surface area contributed by atoms with Gasteiger partial charge in [0.1, 0.15) is 6.10 Å². The van der Waals surface area contributed by atoms with Gasteiger partial charge in [-0.05, 0) is 55.2 Å². The summed E-state index contributed by atoms with van der Waals surface area (Å²) in [6, 6.07) is 12.7. The second-order valence-corrected chi connectivity index (χ2v) is 7.24. The number of anilines is 1. The van der Waals surface area contributed by atoms with Gasteiger partial charge in [-0.15, -0.1) is 0 Å². The molecule has 7 nitrogen and oxygen atoms in total. The van der Waals surface area contributed by atoms with E-state index in [1.54, 1.807) is 50.4 Å². The van der Waals surface area contributed by atoms with Crippen molar-refractivity contribution >= 4 is 17.5 Å². The summed E-state index contributed by atoms with van der Waals surface area (Å²) in [7, 11) is 4.96. The minimum absolute atomic E-state index is 0.108. The van der Waals surface area contributed by atoms with E-state index >= 15 is 0 Å². The van der Waals surface area contributed by atoms with Crippen molar-refractivity contribution in [1.29, 1.82) is 0 Å². The average Bonchev–Trinajstić information content (AvgIpc) is 3.32. The van der Waals surface area contributed by atoms with E-state index in [9.17, 15) is 9.59 Å². The van der Waals surface area contributed by atoms with Crippen LogP contribution < -0.4 is 14.8 Å². The zero-order valence-corrected chi connectivity index (χ0v) is 17.6. The molecule has 1 saturated heterocycles. The van der Waals surface area contributed by atoms with Crippen LogP contribution in [-0.2, 0) is 16.0 Å². The molecular weight excluding hydrogens is 384 g/mol. The lowest BCUT2D eigenvalue weighted by Crippen LogP contribution is -2.29. The highest BCUT2D eigenvalue weighted by Crippen LogP contribution is 2.27. The van der Waals surface area contributed by atoms with E-state index in [1.165, 1.54) is 0 Å². The molecule has 1 fully saturated rings. The van der Waals surface area contributed by atoms with Crippen LogP contribution in [0.2, 0.25) is 0 Å². The third kappa shape index (κ3) is 5.30. The number of hydrogen-bond donors (Lipinski definition) is 1. The number of hydrogen-bond acceptors (Lipinski definition) is 5. The molecule has 2 aromatic rings. The number of carbonyl (C=O) groups is 2. The number of benzene rings is 2. The highest BCUT2D eigenvalue weighted by atomic mass is 16.5. The fourth-order valence-electron chi connectivity index (χ4n) is 3.39. The molecule has 1 N–H and O–H groups in total. The molecule has 0 aliphatic carbocycles. The van der Waals surface area contributed by atoms with E-state index in [1.807, 2.05) is 18.2 Å². The van der Waals surface area contributed by atoms with Crippen molar-refractivity contribution in [3.05, 3.63) is 53.6 Å². The van der Waals surface area contributed by atoms with Crippen LogP contribution >= 0.6 is 0 Å². The largest absolute Gasteiger partial charge is 0.493 e. The van der Waals surface area contributed by atoms with E-state index in [4.69, 9.17) is 14.2 Å². The molecule has 0 aromatic heterocycles. The number of rotatable bonds is 8. The van der Waals surface area contributed by atoms with Gasteiger partial charge in [-0.3, -0.25) is 9.59 Å². The third-order valence-electron chi connectivity index (χ3n) is 5.13. The predicted molar refractivity (Wildman–Crippen MR) is 114 cm³/mol. The molecule has 1 aliphatic rings. The molecule has 2 amide bonds. The molecule has 7 heteroatoms. The SMILES string of the molecule is COc1ccc(CCN(C)C(=O)c2cccc(NC(=O)C3CCCO3)c2)cc1OC. The maximum Gasteiger partial charge on any atom is 0.253 e. The Morgan fingerprint density at radius 2 is 1.93 bits per heavy atom. The maximum atomic E-state index is 12.8. The average molecular weight is 412 g/mol. The van der Waals surface area contributed by atoms with E-state index in [2.05, 4.69) is 5.32 Å². The summed E-state index contributed by atoms with van der Waals surface area (Å²) in [4.78, 5) is 26.7. The monoisotopic (exact) mass is 412 g/mol. The molecule has 1 aliphatic heterocycles. The Balaban J connectivity index is 1.59. The Morgan fingerprint density at radius 1 is 1.13 bits per heavy atom. The van der Waals surface area contributed by atoms with Gasteiger partial charge >= 0.3 is 0 Å². The lowest BCUT2D eigenvalue weighted by atomic mass is 10.1. The maximum absolute atomic E-state index is 12.8. The molecule has 30 heavy (non-hydrogen) atoms. The molecule has 1 atom stereocenters. The molecule has 160 valence electrons.